The third-order valence-electron chi connectivity index (χ3n) is 10.3. The zero-order valence-electron chi connectivity index (χ0n) is 25.6. The summed E-state index contributed by atoms with van der Waals surface area (Å²) in [6.07, 6.45) is 3.72. The van der Waals surface area contributed by atoms with E-state index in [9.17, 15) is 19.1 Å². The number of hydrogen-bond donors (Lipinski definition) is 5. The topological polar surface area (TPSA) is 129 Å². The quantitative estimate of drug-likeness (QED) is 0.264. The summed E-state index contributed by atoms with van der Waals surface area (Å²) >= 11 is 6.58. The van der Waals surface area contributed by atoms with E-state index in [0.717, 1.165) is 36.7 Å². The number of aliphatic hydroxyl groups is 1. The average molecular weight is 676 g/mol. The summed E-state index contributed by atoms with van der Waals surface area (Å²) in [6.45, 7) is 1.87. The van der Waals surface area contributed by atoms with Crippen molar-refractivity contribution in [3.05, 3.63) is 93.5 Å². The van der Waals surface area contributed by atoms with Crippen molar-refractivity contribution < 1.29 is 37.0 Å². The average Bonchev–Trinajstić information content (AvgIpc) is 3.95. The van der Waals surface area contributed by atoms with Gasteiger partial charge < -0.3 is 36.4 Å². The molecule has 6 N–H and O–H groups in total. The largest absolute Gasteiger partial charge is 0.493 e. The van der Waals surface area contributed by atoms with Crippen molar-refractivity contribution in [2.24, 2.45) is 23.0 Å². The molecular weight excluding hydrogens is 642 g/mol. The third kappa shape index (κ3) is 4.75. The molecule has 2 unspecified atom stereocenters. The molecule has 2 saturated carbocycles. The fraction of sp³-hybridized carbons (Fsp3) is 0.455. The van der Waals surface area contributed by atoms with Crippen molar-refractivity contribution in [3.63, 3.8) is 0 Å². The summed E-state index contributed by atoms with van der Waals surface area (Å²) in [4.78, 5) is 28.1. The van der Waals surface area contributed by atoms with Gasteiger partial charge in [-0.15, -0.1) is 0 Å². The molecule has 0 aromatic heterocycles. The van der Waals surface area contributed by atoms with Gasteiger partial charge in [-0.05, 0) is 75.3 Å². The Balaban J connectivity index is 1.25. The van der Waals surface area contributed by atoms with Gasteiger partial charge in [0, 0.05) is 29.6 Å². The molecule has 4 aliphatic heterocycles. The van der Waals surface area contributed by atoms with Crippen LogP contribution in [0.25, 0.3) is 0 Å². The van der Waals surface area contributed by atoms with Gasteiger partial charge in [0.25, 0.3) is 5.91 Å². The molecule has 2 aliphatic carbocycles. The number of hydrogen-bond acceptors (Lipinski definition) is 7. The zero-order valence-corrected chi connectivity index (χ0v) is 26.4. The molecule has 47 heavy (non-hydrogen) atoms. The third-order valence-corrected chi connectivity index (χ3v) is 10.8. The normalized spacial score (nSPS) is 31.2. The lowest BCUT2D eigenvalue weighted by Crippen LogP contribution is -2.61. The van der Waals surface area contributed by atoms with Crippen LogP contribution in [0.2, 0.25) is 0 Å². The number of benzene rings is 1. The number of primary amides is 1. The minimum atomic E-state index is -5.32. The monoisotopic (exact) mass is 675 g/mol. The van der Waals surface area contributed by atoms with E-state index in [2.05, 4.69) is 16.0 Å². The van der Waals surface area contributed by atoms with Gasteiger partial charge in [-0.1, -0.05) is 23.7 Å². The van der Waals surface area contributed by atoms with Gasteiger partial charge in [-0.3, -0.25) is 9.59 Å². The van der Waals surface area contributed by atoms with Crippen molar-refractivity contribution in [3.8, 4) is 0 Å². The number of dihydropyridines is 1. The Bertz CT molecular complexity index is 1730. The van der Waals surface area contributed by atoms with Crippen LogP contribution in [0, 0.1) is 23.1 Å². The number of halogens is 5. The van der Waals surface area contributed by atoms with Crippen LogP contribution < -0.4 is 21.7 Å². The summed E-state index contributed by atoms with van der Waals surface area (Å²) < 4.78 is 65.0. The Kier molecular flexibility index (Phi) is 6.90. The number of rotatable bonds is 8. The second-order valence-electron chi connectivity index (χ2n) is 13.5. The second kappa shape index (κ2) is 10.3. The first-order chi connectivity index (χ1) is 22.0. The first-order valence-electron chi connectivity index (χ1n) is 15.4. The highest BCUT2D eigenvalue weighted by Gasteiger charge is 2.64. The Morgan fingerprint density at radius 1 is 1.11 bits per heavy atom. The Morgan fingerprint density at radius 3 is 2.38 bits per heavy atom. The van der Waals surface area contributed by atoms with Gasteiger partial charge in [-0.2, -0.15) is 13.2 Å². The SMILES string of the molecule is CC1(c2ccc(F)cc2)NC([C@@](O)(CNC(=O)C2=CN3C=C(C4CC4)NC3(C)C(Cl)=C2)C(F)(F)F)=CC2=C1OC[C@@]2(C(N)=O)C1CC1. The van der Waals surface area contributed by atoms with Gasteiger partial charge in [0.15, 0.2) is 0 Å². The molecule has 7 rings (SSSR count). The number of carbonyl (C=O) groups excluding carboxylic acids is 2. The van der Waals surface area contributed by atoms with Crippen molar-refractivity contribution in [2.45, 2.75) is 62.5 Å². The number of fused-ring (bicyclic) bond motifs is 1. The number of nitrogens with zero attached hydrogens (tertiary/aromatic N) is 1. The highest BCUT2D eigenvalue weighted by molar-refractivity contribution is 6.31. The first-order valence-corrected chi connectivity index (χ1v) is 15.8. The summed E-state index contributed by atoms with van der Waals surface area (Å²) in [7, 11) is 0. The van der Waals surface area contributed by atoms with Crippen molar-refractivity contribution in [1.29, 1.82) is 0 Å². The minimum absolute atomic E-state index is 0.00973. The molecule has 2 amide bonds. The number of ether oxygens (including phenoxy) is 1. The fourth-order valence-electron chi connectivity index (χ4n) is 7.04. The zero-order chi connectivity index (χ0) is 33.7. The molecule has 0 radical (unpaired) electrons. The Labute approximate surface area is 273 Å². The highest BCUT2D eigenvalue weighted by Crippen LogP contribution is 2.58. The van der Waals surface area contributed by atoms with Crippen LogP contribution in [0.1, 0.15) is 45.1 Å². The Morgan fingerprint density at radius 2 is 1.79 bits per heavy atom. The number of amides is 2. The van der Waals surface area contributed by atoms with Gasteiger partial charge >= 0.3 is 6.18 Å². The summed E-state index contributed by atoms with van der Waals surface area (Å²) in [6, 6.07) is 5.05. The van der Waals surface area contributed by atoms with Crippen LogP contribution in [0.5, 0.6) is 0 Å². The number of carbonyl (C=O) groups is 2. The van der Waals surface area contributed by atoms with Crippen molar-refractivity contribution in [2.75, 3.05) is 13.2 Å². The van der Waals surface area contributed by atoms with Crippen LogP contribution in [-0.4, -0.2) is 52.4 Å². The van der Waals surface area contributed by atoms with E-state index >= 15 is 13.2 Å². The van der Waals surface area contributed by atoms with E-state index in [1.807, 2.05) is 13.1 Å². The number of nitrogens with two attached hydrogens (primary N) is 1. The van der Waals surface area contributed by atoms with Gasteiger partial charge in [0.05, 0.1) is 22.8 Å². The van der Waals surface area contributed by atoms with E-state index in [1.165, 1.54) is 31.3 Å². The predicted molar refractivity (Wildman–Crippen MR) is 163 cm³/mol. The van der Waals surface area contributed by atoms with E-state index < -0.39 is 58.3 Å². The van der Waals surface area contributed by atoms with E-state index in [4.69, 9.17) is 22.1 Å². The lowest BCUT2D eigenvalue weighted by molar-refractivity contribution is -0.244. The van der Waals surface area contributed by atoms with Gasteiger partial charge in [-0.25, -0.2) is 4.39 Å². The summed E-state index contributed by atoms with van der Waals surface area (Å²) in [5.74, 6) is -1.98. The van der Waals surface area contributed by atoms with Gasteiger partial charge in [0.2, 0.25) is 11.5 Å². The molecule has 4 atom stereocenters. The van der Waals surface area contributed by atoms with Crippen LogP contribution in [0.4, 0.5) is 17.6 Å². The maximum absolute atomic E-state index is 15.0. The molecule has 0 spiro atoms. The van der Waals surface area contributed by atoms with E-state index in [-0.39, 0.29) is 34.5 Å². The summed E-state index contributed by atoms with van der Waals surface area (Å²) in [5, 5.41) is 20.2. The molecule has 9 nitrogen and oxygen atoms in total. The Hall–Kier alpha value is -3.97. The van der Waals surface area contributed by atoms with Crippen LogP contribution in [-0.2, 0) is 19.9 Å². The molecule has 6 aliphatic rings. The fourth-order valence-corrected chi connectivity index (χ4v) is 7.30. The molecule has 2 fully saturated rings. The maximum Gasteiger partial charge on any atom is 0.424 e. The molecule has 1 aromatic rings. The van der Waals surface area contributed by atoms with Crippen LogP contribution in [0.15, 0.2) is 82.1 Å². The number of nitrogens with one attached hydrogen (secondary N) is 3. The lowest BCUT2D eigenvalue weighted by atomic mass is 9.71. The van der Waals surface area contributed by atoms with Crippen molar-refractivity contribution in [1.82, 2.24) is 20.9 Å². The maximum atomic E-state index is 15.0. The highest BCUT2D eigenvalue weighted by atomic mass is 35.5. The predicted octanol–water partition coefficient (Wildman–Crippen LogP) is 4.00. The van der Waals surface area contributed by atoms with Crippen LogP contribution in [0.3, 0.4) is 0 Å². The first kappa shape index (κ1) is 31.6. The molecular formula is C33H34ClF4N5O4. The van der Waals surface area contributed by atoms with Gasteiger partial charge in [0.1, 0.15) is 34.8 Å². The van der Waals surface area contributed by atoms with E-state index in [1.54, 1.807) is 4.90 Å². The standard InChI is InChI=1S/C33H34ClF4N5O4/c1-29(19-7-9-21(35)10-8-19)26-22(31(16-47-26,28(39)45)20-5-6-20)12-25(42-29)32(46,33(36,37)38)15-40-27(44)18-11-24(34)30(2)41-23(17-3-4-17)14-43(30)13-18/h7-14,17,20,41-42,46H,3-6,15-16H2,1-2H3,(H2,39,45)(H,40,44)/t29?,30?,31-,32+/m1/s1. The van der Waals surface area contributed by atoms with Crippen molar-refractivity contribution >= 4 is 23.4 Å². The lowest BCUT2D eigenvalue weighted by Gasteiger charge is -2.43. The summed E-state index contributed by atoms with van der Waals surface area (Å²) in [5.41, 5.74) is -0.947. The molecule has 0 bridgehead atoms. The second-order valence-corrected chi connectivity index (χ2v) is 13.9. The number of alkyl halides is 3. The molecule has 250 valence electrons. The molecule has 14 heteroatoms. The molecule has 0 saturated heterocycles. The van der Waals surface area contributed by atoms with Crippen LogP contribution >= 0.6 is 11.6 Å². The number of allylic oxidation sites excluding steroid dienone is 2. The molecule has 4 heterocycles. The minimum Gasteiger partial charge on any atom is -0.493 e. The van der Waals surface area contributed by atoms with E-state index in [0.29, 0.717) is 24.3 Å². The molecule has 1 aromatic carbocycles. The smallest absolute Gasteiger partial charge is 0.424 e.